The molecule has 4 aromatic heterocycles. The van der Waals surface area contributed by atoms with Crippen LogP contribution in [0.25, 0.3) is 22.2 Å². The maximum Gasteiger partial charge on any atom is 0.267 e. The van der Waals surface area contributed by atoms with Gasteiger partial charge in [-0.25, -0.2) is 19.5 Å². The van der Waals surface area contributed by atoms with Crippen molar-refractivity contribution in [3.63, 3.8) is 0 Å². The van der Waals surface area contributed by atoms with Crippen molar-refractivity contribution >= 4 is 33.8 Å². The molecule has 0 spiro atoms. The minimum absolute atomic E-state index is 0.278. The van der Waals surface area contributed by atoms with Crippen LogP contribution in [-0.4, -0.2) is 35.0 Å². The number of hydrogen-bond acceptors (Lipinski definition) is 7. The van der Waals surface area contributed by atoms with Crippen LogP contribution in [0.4, 0.5) is 0 Å². The minimum atomic E-state index is -0.627. The van der Waals surface area contributed by atoms with Crippen LogP contribution in [0.5, 0.6) is 0 Å². The summed E-state index contributed by atoms with van der Waals surface area (Å²) in [5, 5.41) is 9.63. The van der Waals surface area contributed by atoms with Crippen molar-refractivity contribution in [2.24, 2.45) is 0 Å². The zero-order valence-electron chi connectivity index (χ0n) is 21.0. The molecule has 2 aromatic carbocycles. The molecule has 6 aromatic rings. The zero-order chi connectivity index (χ0) is 26.9. The summed E-state index contributed by atoms with van der Waals surface area (Å²) < 4.78 is 3.10. The molecule has 1 atom stereocenters. The lowest BCUT2D eigenvalue weighted by Gasteiger charge is -2.20. The third-order valence-electron chi connectivity index (χ3n) is 6.23. The number of aryl methyl sites for hydroxylation is 1. The molecular weight excluding hydrogens is 510 g/mol. The van der Waals surface area contributed by atoms with Crippen LogP contribution in [0, 0.1) is 18.8 Å². The number of nitrogens with zero attached hydrogens (tertiary/aromatic N) is 6. The third kappa shape index (κ3) is 4.45. The first-order valence-corrected chi connectivity index (χ1v) is 13.1. The average Bonchev–Trinajstić information content (AvgIpc) is 3.59. The number of nitrogens with one attached hydrogen (secondary N) is 1. The van der Waals surface area contributed by atoms with E-state index in [9.17, 15) is 9.59 Å². The van der Waals surface area contributed by atoms with E-state index in [0.717, 1.165) is 0 Å². The van der Waals surface area contributed by atoms with Crippen LogP contribution in [0.15, 0.2) is 82.7 Å². The Morgan fingerprint density at radius 1 is 1.05 bits per heavy atom. The fraction of sp³-hybridized carbons (Fsp3) is 0.103. The molecule has 0 bridgehead atoms. The second-order valence-electron chi connectivity index (χ2n) is 8.81. The summed E-state index contributed by atoms with van der Waals surface area (Å²) in [4.78, 5) is 40.9. The molecule has 1 unspecified atom stereocenters. The molecule has 6 rings (SSSR count). The van der Waals surface area contributed by atoms with Crippen molar-refractivity contribution in [2.75, 3.05) is 0 Å². The second kappa shape index (κ2) is 9.96. The Morgan fingerprint density at radius 2 is 1.90 bits per heavy atom. The summed E-state index contributed by atoms with van der Waals surface area (Å²) in [6.07, 6.45) is 3.35. The van der Waals surface area contributed by atoms with Crippen LogP contribution < -0.4 is 10.9 Å². The van der Waals surface area contributed by atoms with Crippen molar-refractivity contribution in [1.29, 1.82) is 0 Å². The van der Waals surface area contributed by atoms with Crippen molar-refractivity contribution < 1.29 is 4.79 Å². The first kappa shape index (κ1) is 24.2. The molecule has 0 aliphatic heterocycles. The largest absolute Gasteiger partial charge is 0.342 e. The highest BCUT2D eigenvalue weighted by molar-refractivity contribution is 7.07. The molecule has 39 heavy (non-hydrogen) atoms. The smallest absolute Gasteiger partial charge is 0.267 e. The lowest BCUT2D eigenvalue weighted by atomic mass is 10.1. The summed E-state index contributed by atoms with van der Waals surface area (Å²) in [5.41, 5.74) is 5.12. The number of thiazole rings is 1. The Bertz CT molecular complexity index is 1970. The first-order chi connectivity index (χ1) is 19.0. The fourth-order valence-corrected chi connectivity index (χ4v) is 4.95. The van der Waals surface area contributed by atoms with Crippen molar-refractivity contribution in [1.82, 2.24) is 34.4 Å². The molecule has 1 N–H and O–H groups in total. The number of carbonyl (C=O) groups is 1. The van der Waals surface area contributed by atoms with Crippen molar-refractivity contribution in [2.45, 2.75) is 19.9 Å². The number of benzene rings is 2. The molecule has 0 saturated carbocycles. The Labute approximate surface area is 226 Å². The molecule has 190 valence electrons. The summed E-state index contributed by atoms with van der Waals surface area (Å²) >= 11 is 1.46. The van der Waals surface area contributed by atoms with Gasteiger partial charge in [0.1, 0.15) is 17.1 Å². The maximum atomic E-state index is 14.1. The molecule has 1 amide bonds. The van der Waals surface area contributed by atoms with E-state index in [1.165, 1.54) is 15.9 Å². The molecule has 0 saturated heterocycles. The van der Waals surface area contributed by atoms with E-state index in [-0.39, 0.29) is 11.5 Å². The summed E-state index contributed by atoms with van der Waals surface area (Å²) in [7, 11) is 0. The average molecular weight is 532 g/mol. The molecule has 4 heterocycles. The van der Waals surface area contributed by atoms with Gasteiger partial charge in [-0.05, 0) is 50.1 Å². The van der Waals surface area contributed by atoms with E-state index in [1.54, 1.807) is 54.5 Å². The number of hydrogen-bond donors (Lipinski definition) is 1. The Balaban J connectivity index is 1.48. The van der Waals surface area contributed by atoms with Gasteiger partial charge in [0, 0.05) is 23.3 Å². The van der Waals surface area contributed by atoms with Crippen LogP contribution in [0.3, 0.4) is 0 Å². The van der Waals surface area contributed by atoms with E-state index in [4.69, 9.17) is 4.98 Å². The second-order valence-corrected chi connectivity index (χ2v) is 9.53. The van der Waals surface area contributed by atoms with Crippen LogP contribution >= 0.6 is 11.3 Å². The quantitative estimate of drug-likeness (QED) is 0.344. The highest BCUT2D eigenvalue weighted by Crippen LogP contribution is 2.21. The third-order valence-corrected chi connectivity index (χ3v) is 6.81. The van der Waals surface area contributed by atoms with Gasteiger partial charge in [0.15, 0.2) is 5.65 Å². The number of para-hydroxylation sites is 1. The lowest BCUT2D eigenvalue weighted by Crippen LogP contribution is -2.33. The van der Waals surface area contributed by atoms with Crippen LogP contribution in [0.1, 0.15) is 46.1 Å². The molecule has 0 aliphatic carbocycles. The van der Waals surface area contributed by atoms with E-state index in [0.29, 0.717) is 50.6 Å². The standard InChI is InChI=1S/C29H21N7O2S/c1-18-24(27-30-14-7-15-35(27)34-18)28(37)32-19(2)26-33-23-11-6-8-20(12-13-21-16-39-17-31-21)25(23)29(38)36(26)22-9-4-3-5-10-22/h3-11,14-17,19H,1-2H3,(H,32,37). The summed E-state index contributed by atoms with van der Waals surface area (Å²) in [6.45, 7) is 3.56. The predicted molar refractivity (Wildman–Crippen MR) is 149 cm³/mol. The number of fused-ring (bicyclic) bond motifs is 2. The molecular formula is C29H21N7O2S. The van der Waals surface area contributed by atoms with Crippen molar-refractivity contribution in [3.8, 4) is 17.5 Å². The van der Waals surface area contributed by atoms with E-state index >= 15 is 0 Å². The predicted octanol–water partition coefficient (Wildman–Crippen LogP) is 4.08. The van der Waals surface area contributed by atoms with Crippen molar-refractivity contribution in [3.05, 3.63) is 117 Å². The topological polar surface area (TPSA) is 107 Å². The number of amides is 1. The highest BCUT2D eigenvalue weighted by Gasteiger charge is 2.24. The lowest BCUT2D eigenvalue weighted by molar-refractivity contribution is 0.0938. The Hall–Kier alpha value is -5.14. The molecule has 10 heteroatoms. The van der Waals surface area contributed by atoms with Gasteiger partial charge in [-0.1, -0.05) is 30.2 Å². The molecule has 0 radical (unpaired) electrons. The van der Waals surface area contributed by atoms with Gasteiger partial charge in [0.25, 0.3) is 11.5 Å². The fourth-order valence-electron chi connectivity index (χ4n) is 4.47. The highest BCUT2D eigenvalue weighted by atomic mass is 32.1. The van der Waals surface area contributed by atoms with Crippen LogP contribution in [-0.2, 0) is 0 Å². The normalized spacial score (nSPS) is 11.7. The van der Waals surface area contributed by atoms with Gasteiger partial charge in [-0.15, -0.1) is 11.3 Å². The summed E-state index contributed by atoms with van der Waals surface area (Å²) in [5.74, 6) is 6.14. The van der Waals surface area contributed by atoms with Gasteiger partial charge in [0.05, 0.1) is 33.8 Å². The van der Waals surface area contributed by atoms with Gasteiger partial charge < -0.3 is 5.32 Å². The summed E-state index contributed by atoms with van der Waals surface area (Å²) in [6, 6.07) is 15.7. The Morgan fingerprint density at radius 3 is 2.69 bits per heavy atom. The maximum absolute atomic E-state index is 14.1. The van der Waals surface area contributed by atoms with Gasteiger partial charge in [0.2, 0.25) is 0 Å². The van der Waals surface area contributed by atoms with E-state index in [2.05, 4.69) is 32.2 Å². The van der Waals surface area contributed by atoms with Gasteiger partial charge >= 0.3 is 0 Å². The Kier molecular flexibility index (Phi) is 6.19. The van der Waals surface area contributed by atoms with E-state index in [1.807, 2.05) is 41.8 Å². The molecule has 0 aliphatic rings. The molecule has 0 fully saturated rings. The van der Waals surface area contributed by atoms with Crippen LogP contribution in [0.2, 0.25) is 0 Å². The zero-order valence-corrected chi connectivity index (χ0v) is 21.8. The van der Waals surface area contributed by atoms with E-state index < -0.39 is 6.04 Å². The first-order valence-electron chi connectivity index (χ1n) is 12.1. The number of aromatic nitrogens is 6. The van der Waals surface area contributed by atoms with Gasteiger partial charge in [-0.3, -0.25) is 14.2 Å². The monoisotopic (exact) mass is 531 g/mol. The number of rotatable bonds is 4. The SMILES string of the molecule is Cc1nn2cccnc2c1C(=O)NC(C)c1nc2cccc(C#Cc3cscn3)c2c(=O)n1-c1ccccc1. The minimum Gasteiger partial charge on any atom is -0.342 e. The molecule has 9 nitrogen and oxygen atoms in total. The van der Waals surface area contributed by atoms with Gasteiger partial charge in [-0.2, -0.15) is 5.10 Å². The number of carbonyl (C=O) groups excluding carboxylic acids is 1.